The molecule has 0 saturated carbocycles. The Morgan fingerprint density at radius 2 is 1.68 bits per heavy atom. The van der Waals surface area contributed by atoms with E-state index in [1.807, 2.05) is 24.3 Å². The van der Waals surface area contributed by atoms with E-state index in [1.165, 1.54) is 12.1 Å². The van der Waals surface area contributed by atoms with Gasteiger partial charge in [-0.3, -0.25) is 9.59 Å². The summed E-state index contributed by atoms with van der Waals surface area (Å²) in [5, 5.41) is 11.6. The number of Topliss-reactive ketones (excluding diaryl/α,β-unsaturated/α-hetero) is 1. The molecule has 0 unspecified atom stereocenters. The van der Waals surface area contributed by atoms with Crippen LogP contribution in [0.1, 0.15) is 26.3 Å². The first-order chi connectivity index (χ1) is 10.7. The molecule has 5 nitrogen and oxygen atoms in total. The van der Waals surface area contributed by atoms with E-state index >= 15 is 0 Å². The Morgan fingerprint density at radius 1 is 1.05 bits per heavy atom. The summed E-state index contributed by atoms with van der Waals surface area (Å²) in [6, 6.07) is 13.6. The standard InChI is InChI=1S/C17H17NO4/c1-22-16-5-3-2-4-14(16)10-18-17(21)13-8-6-12(7-9-13)15(20)11-19/h2-9,19H,10-11H2,1H3,(H,18,21). The van der Waals surface area contributed by atoms with Crippen molar-refractivity contribution in [2.45, 2.75) is 6.54 Å². The van der Waals surface area contributed by atoms with Crippen molar-refractivity contribution in [2.24, 2.45) is 0 Å². The number of nitrogens with one attached hydrogen (secondary N) is 1. The molecule has 0 heterocycles. The minimum absolute atomic E-state index is 0.242. The molecule has 2 aromatic carbocycles. The third-order valence-corrected chi connectivity index (χ3v) is 3.24. The van der Waals surface area contributed by atoms with E-state index in [2.05, 4.69) is 5.32 Å². The third kappa shape index (κ3) is 3.71. The average Bonchev–Trinajstić information content (AvgIpc) is 2.59. The number of hydrogen-bond acceptors (Lipinski definition) is 4. The highest BCUT2D eigenvalue weighted by molar-refractivity contribution is 5.99. The van der Waals surface area contributed by atoms with Crippen LogP contribution >= 0.6 is 0 Å². The predicted octanol–water partition coefficient (Wildman–Crippen LogP) is 1.80. The Labute approximate surface area is 128 Å². The number of para-hydroxylation sites is 1. The van der Waals surface area contributed by atoms with Crippen LogP contribution < -0.4 is 10.1 Å². The number of ether oxygens (including phenoxy) is 1. The van der Waals surface area contributed by atoms with Crippen LogP contribution in [-0.2, 0) is 6.54 Å². The molecule has 2 rings (SSSR count). The van der Waals surface area contributed by atoms with Gasteiger partial charge in [-0.1, -0.05) is 30.3 Å². The average molecular weight is 299 g/mol. The van der Waals surface area contributed by atoms with Crippen molar-refractivity contribution < 1.29 is 19.4 Å². The van der Waals surface area contributed by atoms with Crippen LogP contribution in [0.5, 0.6) is 5.75 Å². The van der Waals surface area contributed by atoms with Gasteiger partial charge in [0.1, 0.15) is 12.4 Å². The van der Waals surface area contributed by atoms with Crippen LogP contribution in [0, 0.1) is 0 Å². The quantitative estimate of drug-likeness (QED) is 0.798. The van der Waals surface area contributed by atoms with Gasteiger partial charge in [-0.2, -0.15) is 0 Å². The fourth-order valence-corrected chi connectivity index (χ4v) is 2.03. The maximum absolute atomic E-state index is 12.1. The van der Waals surface area contributed by atoms with Gasteiger partial charge in [-0.25, -0.2) is 0 Å². The summed E-state index contributed by atoms with van der Waals surface area (Å²) in [6.07, 6.45) is 0. The van der Waals surface area contributed by atoms with Gasteiger partial charge in [-0.15, -0.1) is 0 Å². The SMILES string of the molecule is COc1ccccc1CNC(=O)c1ccc(C(=O)CO)cc1. The normalized spacial score (nSPS) is 10.1. The molecular formula is C17H17NO4. The van der Waals surface area contributed by atoms with Crippen molar-refractivity contribution in [1.29, 1.82) is 0 Å². The summed E-state index contributed by atoms with van der Waals surface area (Å²) < 4.78 is 5.23. The van der Waals surface area contributed by atoms with Crippen LogP contribution in [-0.4, -0.2) is 30.5 Å². The number of carbonyl (C=O) groups is 2. The zero-order valence-corrected chi connectivity index (χ0v) is 12.2. The molecule has 0 aliphatic heterocycles. The molecule has 0 bridgehead atoms. The molecule has 0 radical (unpaired) electrons. The highest BCUT2D eigenvalue weighted by Crippen LogP contribution is 2.17. The van der Waals surface area contributed by atoms with Crippen molar-refractivity contribution in [3.05, 3.63) is 65.2 Å². The van der Waals surface area contributed by atoms with Crippen molar-refractivity contribution in [3.8, 4) is 5.75 Å². The number of hydrogen-bond donors (Lipinski definition) is 2. The highest BCUT2D eigenvalue weighted by Gasteiger charge is 2.09. The monoisotopic (exact) mass is 299 g/mol. The summed E-state index contributed by atoms with van der Waals surface area (Å²) in [5.74, 6) is 0.0987. The second kappa shape index (κ2) is 7.38. The molecule has 0 fully saturated rings. The number of aliphatic hydroxyl groups is 1. The Morgan fingerprint density at radius 3 is 2.32 bits per heavy atom. The summed E-state index contributed by atoms with van der Waals surface area (Å²) in [4.78, 5) is 23.4. The highest BCUT2D eigenvalue weighted by atomic mass is 16.5. The lowest BCUT2D eigenvalue weighted by Gasteiger charge is -2.09. The minimum Gasteiger partial charge on any atom is -0.496 e. The zero-order valence-electron chi connectivity index (χ0n) is 12.2. The number of carbonyl (C=O) groups excluding carboxylic acids is 2. The number of aliphatic hydroxyl groups excluding tert-OH is 1. The number of methoxy groups -OCH3 is 1. The van der Waals surface area contributed by atoms with Crippen LogP contribution in [0.25, 0.3) is 0 Å². The van der Waals surface area contributed by atoms with Crippen LogP contribution in [0.3, 0.4) is 0 Å². The molecule has 0 saturated heterocycles. The molecule has 0 spiro atoms. The van der Waals surface area contributed by atoms with E-state index < -0.39 is 6.61 Å². The van der Waals surface area contributed by atoms with Gasteiger partial charge in [0, 0.05) is 23.2 Å². The van der Waals surface area contributed by atoms with E-state index in [0.717, 1.165) is 5.56 Å². The fourth-order valence-electron chi connectivity index (χ4n) is 2.03. The summed E-state index contributed by atoms with van der Waals surface area (Å²) in [5.41, 5.74) is 1.71. The van der Waals surface area contributed by atoms with Crippen molar-refractivity contribution in [2.75, 3.05) is 13.7 Å². The zero-order chi connectivity index (χ0) is 15.9. The maximum atomic E-state index is 12.1. The molecule has 114 valence electrons. The van der Waals surface area contributed by atoms with Crippen LogP contribution in [0.2, 0.25) is 0 Å². The summed E-state index contributed by atoms with van der Waals surface area (Å²) >= 11 is 0. The first-order valence-electron chi connectivity index (χ1n) is 6.80. The Kier molecular flexibility index (Phi) is 5.27. The number of amides is 1. The lowest BCUT2D eigenvalue weighted by molar-refractivity contribution is 0.0901. The second-order valence-electron chi connectivity index (χ2n) is 4.65. The first kappa shape index (κ1) is 15.7. The van der Waals surface area contributed by atoms with Gasteiger partial charge in [-0.05, 0) is 18.2 Å². The lowest BCUT2D eigenvalue weighted by Crippen LogP contribution is -2.23. The van der Waals surface area contributed by atoms with Crippen molar-refractivity contribution in [1.82, 2.24) is 5.32 Å². The molecule has 1 amide bonds. The molecule has 2 N–H and O–H groups in total. The van der Waals surface area contributed by atoms with Gasteiger partial charge < -0.3 is 15.2 Å². The molecule has 0 aliphatic rings. The van der Waals surface area contributed by atoms with E-state index in [4.69, 9.17) is 9.84 Å². The molecule has 0 aromatic heterocycles. The molecular weight excluding hydrogens is 282 g/mol. The molecule has 22 heavy (non-hydrogen) atoms. The van der Waals surface area contributed by atoms with Crippen molar-refractivity contribution >= 4 is 11.7 Å². The van der Waals surface area contributed by atoms with E-state index in [0.29, 0.717) is 23.4 Å². The van der Waals surface area contributed by atoms with Gasteiger partial charge in [0.25, 0.3) is 5.91 Å². The molecule has 0 aliphatic carbocycles. The predicted molar refractivity (Wildman–Crippen MR) is 82.0 cm³/mol. The smallest absolute Gasteiger partial charge is 0.251 e. The largest absolute Gasteiger partial charge is 0.496 e. The van der Waals surface area contributed by atoms with Crippen LogP contribution in [0.15, 0.2) is 48.5 Å². The number of rotatable bonds is 6. The first-order valence-corrected chi connectivity index (χ1v) is 6.80. The van der Waals surface area contributed by atoms with E-state index in [-0.39, 0.29) is 11.7 Å². The van der Waals surface area contributed by atoms with E-state index in [1.54, 1.807) is 19.2 Å². The number of ketones is 1. The van der Waals surface area contributed by atoms with Gasteiger partial charge in [0.15, 0.2) is 5.78 Å². The van der Waals surface area contributed by atoms with E-state index in [9.17, 15) is 9.59 Å². The van der Waals surface area contributed by atoms with Crippen LogP contribution in [0.4, 0.5) is 0 Å². The van der Waals surface area contributed by atoms with Gasteiger partial charge in [0.05, 0.1) is 7.11 Å². The maximum Gasteiger partial charge on any atom is 0.251 e. The second-order valence-corrected chi connectivity index (χ2v) is 4.65. The molecule has 2 aromatic rings. The molecule has 0 atom stereocenters. The Balaban J connectivity index is 2.02. The lowest BCUT2D eigenvalue weighted by atomic mass is 10.1. The number of benzene rings is 2. The minimum atomic E-state index is -0.542. The summed E-state index contributed by atoms with van der Waals surface area (Å²) in [7, 11) is 1.58. The van der Waals surface area contributed by atoms with Gasteiger partial charge >= 0.3 is 0 Å². The third-order valence-electron chi connectivity index (χ3n) is 3.24. The van der Waals surface area contributed by atoms with Crippen molar-refractivity contribution in [3.63, 3.8) is 0 Å². The topological polar surface area (TPSA) is 75.6 Å². The molecule has 5 heteroatoms. The van der Waals surface area contributed by atoms with Gasteiger partial charge in [0.2, 0.25) is 0 Å². The fraction of sp³-hybridized carbons (Fsp3) is 0.176. The summed E-state index contributed by atoms with van der Waals surface area (Å²) in [6.45, 7) is -0.195. The Bertz CT molecular complexity index is 665. The Hall–Kier alpha value is -2.66.